The van der Waals surface area contributed by atoms with E-state index in [2.05, 4.69) is 15.6 Å². The van der Waals surface area contributed by atoms with E-state index in [1.165, 1.54) is 6.20 Å². The zero-order chi connectivity index (χ0) is 19.2. The average Bonchev–Trinajstić information content (AvgIpc) is 2.66. The van der Waals surface area contributed by atoms with Crippen molar-refractivity contribution in [2.24, 2.45) is 0 Å². The molecule has 3 rings (SSSR count). The van der Waals surface area contributed by atoms with Crippen molar-refractivity contribution in [1.82, 2.24) is 4.98 Å². The second kappa shape index (κ2) is 7.87. The molecule has 8 heteroatoms. The van der Waals surface area contributed by atoms with Crippen LogP contribution in [0.1, 0.15) is 10.5 Å². The Morgan fingerprint density at radius 1 is 0.963 bits per heavy atom. The first-order chi connectivity index (χ1) is 13.0. The number of pyridine rings is 1. The van der Waals surface area contributed by atoms with Gasteiger partial charge in [-0.2, -0.15) is 0 Å². The third-order valence-corrected chi connectivity index (χ3v) is 3.50. The van der Waals surface area contributed by atoms with Crippen molar-refractivity contribution < 1.29 is 19.4 Å². The maximum Gasteiger partial charge on any atom is 0.409 e. The van der Waals surface area contributed by atoms with Crippen molar-refractivity contribution in [3.05, 3.63) is 72.6 Å². The predicted octanol–water partition coefficient (Wildman–Crippen LogP) is 3.80. The van der Waals surface area contributed by atoms with E-state index in [1.807, 2.05) is 0 Å². The van der Waals surface area contributed by atoms with Crippen LogP contribution in [0, 0.1) is 0 Å². The summed E-state index contributed by atoms with van der Waals surface area (Å²) in [5.41, 5.74) is 7.57. The van der Waals surface area contributed by atoms with E-state index in [9.17, 15) is 9.59 Å². The minimum absolute atomic E-state index is 0.298. The van der Waals surface area contributed by atoms with Gasteiger partial charge in [0.2, 0.25) is 0 Å². The number of rotatable bonds is 5. The van der Waals surface area contributed by atoms with E-state index in [0.717, 1.165) is 0 Å². The second-order valence-corrected chi connectivity index (χ2v) is 5.48. The molecule has 136 valence electrons. The molecule has 2 amide bonds. The Labute approximate surface area is 154 Å². The number of hydrogen-bond acceptors (Lipinski definition) is 5. The maximum atomic E-state index is 12.1. The van der Waals surface area contributed by atoms with E-state index in [4.69, 9.17) is 15.6 Å². The van der Waals surface area contributed by atoms with Gasteiger partial charge in [0.1, 0.15) is 17.2 Å². The maximum absolute atomic E-state index is 12.1. The summed E-state index contributed by atoms with van der Waals surface area (Å²) in [7, 11) is 0. The summed E-state index contributed by atoms with van der Waals surface area (Å²) >= 11 is 0. The minimum Gasteiger partial charge on any atom is -0.465 e. The third-order valence-electron chi connectivity index (χ3n) is 3.50. The van der Waals surface area contributed by atoms with Crippen molar-refractivity contribution >= 4 is 29.1 Å². The first kappa shape index (κ1) is 17.7. The van der Waals surface area contributed by atoms with Gasteiger partial charge < -0.3 is 20.9 Å². The molecule has 0 saturated heterocycles. The Kier molecular flexibility index (Phi) is 5.17. The minimum atomic E-state index is -1.14. The molecule has 0 fully saturated rings. The van der Waals surface area contributed by atoms with Crippen LogP contribution in [0.3, 0.4) is 0 Å². The lowest BCUT2D eigenvalue weighted by Gasteiger charge is -2.11. The number of hydrogen-bond donors (Lipinski definition) is 4. The van der Waals surface area contributed by atoms with Crippen molar-refractivity contribution in [1.29, 1.82) is 0 Å². The molecule has 0 spiro atoms. The first-order valence-corrected chi connectivity index (χ1v) is 7.91. The van der Waals surface area contributed by atoms with Crippen molar-refractivity contribution in [2.75, 3.05) is 16.4 Å². The van der Waals surface area contributed by atoms with E-state index in [0.29, 0.717) is 34.3 Å². The van der Waals surface area contributed by atoms with Gasteiger partial charge in [0.15, 0.2) is 0 Å². The van der Waals surface area contributed by atoms with Crippen LogP contribution in [-0.2, 0) is 0 Å². The molecule has 5 N–H and O–H groups in total. The highest BCUT2D eigenvalue weighted by molar-refractivity contribution is 6.03. The van der Waals surface area contributed by atoms with Crippen LogP contribution in [0.25, 0.3) is 0 Å². The summed E-state index contributed by atoms with van der Waals surface area (Å²) in [6.07, 6.45) is 0.397. The molecule has 3 aromatic rings. The molecule has 1 heterocycles. The van der Waals surface area contributed by atoms with Crippen LogP contribution in [0.2, 0.25) is 0 Å². The highest BCUT2D eigenvalue weighted by atomic mass is 16.5. The van der Waals surface area contributed by atoms with Crippen molar-refractivity contribution in [3.63, 3.8) is 0 Å². The fourth-order valence-corrected chi connectivity index (χ4v) is 2.27. The number of carbonyl (C=O) groups is 2. The molecule has 8 nitrogen and oxygen atoms in total. The van der Waals surface area contributed by atoms with Crippen LogP contribution < -0.4 is 21.1 Å². The molecule has 0 bridgehead atoms. The molecule has 0 aliphatic rings. The van der Waals surface area contributed by atoms with E-state index >= 15 is 0 Å². The standard InChI is InChI=1S/C19H16N4O4/c20-15-11-13(22-18(24)16-3-1-2-10-21-16)6-9-17(15)27-14-7-4-12(5-8-14)23-19(25)26/h1-11,23H,20H2,(H,22,24)(H,25,26). The van der Waals surface area contributed by atoms with E-state index in [1.54, 1.807) is 60.7 Å². The number of amides is 2. The first-order valence-electron chi connectivity index (χ1n) is 7.91. The molecule has 0 aliphatic heterocycles. The number of aromatic nitrogens is 1. The number of carboxylic acid groups (broad SMARTS) is 1. The van der Waals surface area contributed by atoms with Gasteiger partial charge in [-0.15, -0.1) is 0 Å². The Morgan fingerprint density at radius 3 is 2.33 bits per heavy atom. The fraction of sp³-hybridized carbons (Fsp3) is 0. The Balaban J connectivity index is 1.68. The van der Waals surface area contributed by atoms with Gasteiger partial charge in [0, 0.05) is 17.6 Å². The molecule has 1 aromatic heterocycles. The Bertz CT molecular complexity index is 959. The molecule has 0 radical (unpaired) electrons. The number of benzene rings is 2. The largest absolute Gasteiger partial charge is 0.465 e. The average molecular weight is 364 g/mol. The van der Waals surface area contributed by atoms with Gasteiger partial charge in [0.25, 0.3) is 5.91 Å². The van der Waals surface area contributed by atoms with Gasteiger partial charge in [-0.1, -0.05) is 6.07 Å². The highest BCUT2D eigenvalue weighted by Crippen LogP contribution is 2.30. The molecular formula is C19H16N4O4. The van der Waals surface area contributed by atoms with Crippen LogP contribution >= 0.6 is 0 Å². The molecule has 0 atom stereocenters. The molecular weight excluding hydrogens is 348 g/mol. The lowest BCUT2D eigenvalue weighted by atomic mass is 10.2. The number of nitrogens with zero attached hydrogens (tertiary/aromatic N) is 1. The Hall–Kier alpha value is -4.07. The predicted molar refractivity (Wildman–Crippen MR) is 101 cm³/mol. The second-order valence-electron chi connectivity index (χ2n) is 5.48. The molecule has 0 unspecified atom stereocenters. The van der Waals surface area contributed by atoms with Gasteiger partial charge in [-0.05, 0) is 54.6 Å². The highest BCUT2D eigenvalue weighted by Gasteiger charge is 2.09. The van der Waals surface area contributed by atoms with Crippen molar-refractivity contribution in [3.8, 4) is 11.5 Å². The third kappa shape index (κ3) is 4.73. The number of nitrogens with one attached hydrogen (secondary N) is 2. The van der Waals surface area contributed by atoms with Gasteiger partial charge in [-0.25, -0.2) is 4.79 Å². The molecule has 0 aliphatic carbocycles. The SMILES string of the molecule is Nc1cc(NC(=O)c2ccccn2)ccc1Oc1ccc(NC(=O)O)cc1. The number of nitrogens with two attached hydrogens (primary N) is 1. The number of ether oxygens (including phenoxy) is 1. The zero-order valence-electron chi connectivity index (χ0n) is 14.0. The van der Waals surface area contributed by atoms with Crippen LogP contribution in [0.5, 0.6) is 11.5 Å². The van der Waals surface area contributed by atoms with Crippen LogP contribution in [0.15, 0.2) is 66.9 Å². The van der Waals surface area contributed by atoms with Crippen LogP contribution in [-0.4, -0.2) is 22.1 Å². The summed E-state index contributed by atoms with van der Waals surface area (Å²) in [5.74, 6) is 0.554. The lowest BCUT2D eigenvalue weighted by molar-refractivity contribution is 0.102. The number of nitrogen functional groups attached to an aromatic ring is 1. The zero-order valence-corrected chi connectivity index (χ0v) is 14.0. The summed E-state index contributed by atoms with van der Waals surface area (Å²) in [6.45, 7) is 0. The van der Waals surface area contributed by atoms with Gasteiger partial charge in [0.05, 0.1) is 5.69 Å². The fourth-order valence-electron chi connectivity index (χ4n) is 2.27. The number of anilines is 3. The molecule has 27 heavy (non-hydrogen) atoms. The monoisotopic (exact) mass is 364 g/mol. The van der Waals surface area contributed by atoms with Gasteiger partial charge >= 0.3 is 6.09 Å². The summed E-state index contributed by atoms with van der Waals surface area (Å²) in [6, 6.07) is 16.3. The van der Waals surface area contributed by atoms with Crippen molar-refractivity contribution in [2.45, 2.75) is 0 Å². The topological polar surface area (TPSA) is 127 Å². The smallest absolute Gasteiger partial charge is 0.409 e. The Morgan fingerprint density at radius 2 is 1.70 bits per heavy atom. The van der Waals surface area contributed by atoms with Gasteiger partial charge in [-0.3, -0.25) is 15.1 Å². The number of carbonyl (C=O) groups excluding carboxylic acids is 1. The normalized spacial score (nSPS) is 10.1. The van der Waals surface area contributed by atoms with E-state index in [-0.39, 0.29) is 5.91 Å². The van der Waals surface area contributed by atoms with Crippen LogP contribution in [0.4, 0.5) is 21.9 Å². The lowest BCUT2D eigenvalue weighted by Crippen LogP contribution is -2.13. The summed E-state index contributed by atoms with van der Waals surface area (Å²) in [5, 5.41) is 13.6. The molecule has 0 saturated carbocycles. The summed E-state index contributed by atoms with van der Waals surface area (Å²) in [4.78, 5) is 26.7. The van der Waals surface area contributed by atoms with E-state index < -0.39 is 6.09 Å². The molecule has 2 aromatic carbocycles. The quantitative estimate of drug-likeness (QED) is 0.510. The summed E-state index contributed by atoms with van der Waals surface area (Å²) < 4.78 is 5.69.